The number of nitro benzene ring substituents is 1. The van der Waals surface area contributed by atoms with Gasteiger partial charge in [-0.2, -0.15) is 0 Å². The minimum atomic E-state index is -1.11. The molecule has 2 rings (SSSR count). The number of nitro groups is 1. The second kappa shape index (κ2) is 7.39. The summed E-state index contributed by atoms with van der Waals surface area (Å²) in [7, 11) is 1.14. The van der Waals surface area contributed by atoms with Crippen LogP contribution in [-0.4, -0.2) is 45.2 Å². The number of nitrogens with zero attached hydrogens (tertiary/aromatic N) is 2. The minimum absolute atomic E-state index is 0.0230. The minimum Gasteiger partial charge on any atom is -0.506 e. The fraction of sp³-hybridized carbons (Fsp3) is 0.214. The van der Waals surface area contributed by atoms with Gasteiger partial charge in [-0.25, -0.2) is 4.79 Å². The van der Waals surface area contributed by atoms with Crippen LogP contribution in [0.2, 0.25) is 0 Å². The molecule has 0 bridgehead atoms. The van der Waals surface area contributed by atoms with Crippen molar-refractivity contribution in [2.45, 2.75) is 13.0 Å². The molecule has 1 fully saturated rings. The van der Waals surface area contributed by atoms with Crippen molar-refractivity contribution in [3.63, 3.8) is 0 Å². The Bertz CT molecular complexity index is 824. The number of benzene rings is 1. The van der Waals surface area contributed by atoms with Gasteiger partial charge < -0.3 is 9.84 Å². The number of methoxy groups -OCH3 is 1. The van der Waals surface area contributed by atoms with Crippen molar-refractivity contribution in [3.05, 3.63) is 36.3 Å². The topological polar surface area (TPSA) is 127 Å². The van der Waals surface area contributed by atoms with Crippen LogP contribution >= 0.6 is 34.4 Å². The van der Waals surface area contributed by atoms with E-state index in [1.807, 2.05) is 0 Å². The quantitative estimate of drug-likeness (QED) is 0.230. The number of phenols is 1. The lowest BCUT2D eigenvalue weighted by atomic mass is 10.1. The van der Waals surface area contributed by atoms with E-state index in [4.69, 9.17) is 0 Å². The molecule has 9 nitrogen and oxygen atoms in total. The van der Waals surface area contributed by atoms with Crippen LogP contribution in [0.4, 0.5) is 10.5 Å². The number of hydrogen-bond donors (Lipinski definition) is 1. The summed E-state index contributed by atoms with van der Waals surface area (Å²) < 4.78 is 4.74. The Morgan fingerprint density at radius 2 is 2.12 bits per heavy atom. The van der Waals surface area contributed by atoms with Crippen LogP contribution in [0.25, 0.3) is 6.08 Å². The molecule has 11 heteroatoms. The number of esters is 1. The van der Waals surface area contributed by atoms with Gasteiger partial charge in [-0.05, 0) is 47.4 Å². The van der Waals surface area contributed by atoms with Gasteiger partial charge in [0.1, 0.15) is 11.8 Å². The SMILES string of the molecule is COC(=O)[C@H](C)N1C(=O)S/C(=C/c2cc([N+](=O)[O-])cc(I)c2O)C1=O. The van der Waals surface area contributed by atoms with Crippen LogP contribution in [0.1, 0.15) is 12.5 Å². The predicted molar refractivity (Wildman–Crippen MR) is 96.8 cm³/mol. The lowest BCUT2D eigenvalue weighted by Gasteiger charge is -2.18. The van der Waals surface area contributed by atoms with Crippen molar-refractivity contribution in [2.75, 3.05) is 7.11 Å². The molecule has 1 heterocycles. The van der Waals surface area contributed by atoms with Gasteiger partial charge in [0, 0.05) is 17.7 Å². The molecule has 0 unspecified atom stereocenters. The summed E-state index contributed by atoms with van der Waals surface area (Å²) in [5.74, 6) is -1.75. The number of carbonyl (C=O) groups excluding carboxylic acids is 3. The number of halogens is 1. The van der Waals surface area contributed by atoms with Crippen LogP contribution in [0.15, 0.2) is 17.0 Å². The fourth-order valence-electron chi connectivity index (χ4n) is 2.05. The van der Waals surface area contributed by atoms with Gasteiger partial charge in [0.15, 0.2) is 0 Å². The van der Waals surface area contributed by atoms with Gasteiger partial charge in [0.2, 0.25) is 0 Å². The van der Waals surface area contributed by atoms with Crippen molar-refractivity contribution in [3.8, 4) is 5.75 Å². The van der Waals surface area contributed by atoms with E-state index in [1.54, 1.807) is 22.6 Å². The molecule has 1 aromatic carbocycles. The third kappa shape index (κ3) is 3.76. The van der Waals surface area contributed by atoms with Crippen LogP contribution in [-0.2, 0) is 14.3 Å². The third-order valence-electron chi connectivity index (χ3n) is 3.33. The molecule has 25 heavy (non-hydrogen) atoms. The lowest BCUT2D eigenvalue weighted by Crippen LogP contribution is -2.42. The molecule has 1 aliphatic rings. The summed E-state index contributed by atoms with van der Waals surface area (Å²) in [4.78, 5) is 46.9. The van der Waals surface area contributed by atoms with Crippen LogP contribution in [0.5, 0.6) is 5.75 Å². The Labute approximate surface area is 159 Å². The zero-order chi connectivity index (χ0) is 18.9. The Balaban J connectivity index is 2.43. The highest BCUT2D eigenvalue weighted by Gasteiger charge is 2.41. The number of phenolic OH excluding ortho intramolecular Hbond substituents is 1. The lowest BCUT2D eigenvalue weighted by molar-refractivity contribution is -0.385. The third-order valence-corrected chi connectivity index (χ3v) is 5.03. The van der Waals surface area contributed by atoms with Gasteiger partial charge in [-0.15, -0.1) is 0 Å². The first-order valence-electron chi connectivity index (χ1n) is 6.69. The van der Waals surface area contributed by atoms with Crippen molar-refractivity contribution >= 4 is 63.2 Å². The molecule has 0 radical (unpaired) electrons. The van der Waals surface area contributed by atoms with Crippen molar-refractivity contribution < 1.29 is 29.2 Å². The van der Waals surface area contributed by atoms with E-state index in [2.05, 4.69) is 4.74 Å². The molecule has 132 valence electrons. The van der Waals surface area contributed by atoms with Crippen molar-refractivity contribution in [1.82, 2.24) is 4.90 Å². The number of non-ortho nitro benzene ring substituents is 1. The van der Waals surface area contributed by atoms with E-state index < -0.39 is 28.1 Å². The molecule has 0 aliphatic carbocycles. The summed E-state index contributed by atoms with van der Waals surface area (Å²) in [5.41, 5.74) is -0.245. The van der Waals surface area contributed by atoms with Crippen LogP contribution in [0.3, 0.4) is 0 Å². The largest absolute Gasteiger partial charge is 0.506 e. The second-order valence-electron chi connectivity index (χ2n) is 4.87. The first kappa shape index (κ1) is 19.2. The highest BCUT2D eigenvalue weighted by Crippen LogP contribution is 2.37. The first-order chi connectivity index (χ1) is 11.7. The Morgan fingerprint density at radius 3 is 2.68 bits per heavy atom. The molecule has 0 spiro atoms. The number of ether oxygens (including phenoxy) is 1. The van der Waals surface area contributed by atoms with E-state index in [0.29, 0.717) is 11.8 Å². The number of rotatable bonds is 4. The number of imide groups is 1. The zero-order valence-electron chi connectivity index (χ0n) is 12.9. The van der Waals surface area contributed by atoms with Crippen molar-refractivity contribution in [2.24, 2.45) is 0 Å². The zero-order valence-corrected chi connectivity index (χ0v) is 15.9. The Kier molecular flexibility index (Phi) is 5.67. The van der Waals surface area contributed by atoms with Gasteiger partial charge in [0.05, 0.1) is 20.5 Å². The standard InChI is InChI=1S/C14H11IN2O7S/c1-6(13(20)24-2)16-12(19)10(25-14(16)21)4-7-3-8(17(22)23)5-9(15)11(7)18/h3-6,18H,1-2H3/b10-4+/t6-/m0/s1. The van der Waals surface area contributed by atoms with Crippen LogP contribution in [0, 0.1) is 13.7 Å². The molecular weight excluding hydrogens is 467 g/mol. The van der Waals surface area contributed by atoms with E-state index in [0.717, 1.165) is 18.1 Å². The molecule has 1 N–H and O–H groups in total. The Morgan fingerprint density at radius 1 is 1.48 bits per heavy atom. The van der Waals surface area contributed by atoms with Gasteiger partial charge in [-0.3, -0.25) is 24.6 Å². The van der Waals surface area contributed by atoms with E-state index >= 15 is 0 Å². The molecular formula is C14H11IN2O7S. The molecule has 1 atom stereocenters. The Hall–Kier alpha value is -2.15. The molecule has 2 amide bonds. The highest BCUT2D eigenvalue weighted by atomic mass is 127. The van der Waals surface area contributed by atoms with E-state index in [1.165, 1.54) is 19.1 Å². The second-order valence-corrected chi connectivity index (χ2v) is 7.03. The van der Waals surface area contributed by atoms with Gasteiger partial charge in [0.25, 0.3) is 16.8 Å². The first-order valence-corrected chi connectivity index (χ1v) is 8.58. The van der Waals surface area contributed by atoms with Crippen molar-refractivity contribution in [1.29, 1.82) is 0 Å². The fourth-order valence-corrected chi connectivity index (χ4v) is 3.58. The average Bonchev–Trinajstić information content (AvgIpc) is 2.83. The summed E-state index contributed by atoms with van der Waals surface area (Å²) in [5, 5.41) is 20.3. The molecule has 1 saturated heterocycles. The maximum Gasteiger partial charge on any atom is 0.328 e. The van der Waals surface area contributed by atoms with E-state index in [9.17, 15) is 29.6 Å². The smallest absolute Gasteiger partial charge is 0.328 e. The van der Waals surface area contributed by atoms with Gasteiger partial charge >= 0.3 is 5.97 Å². The maximum atomic E-state index is 12.4. The molecule has 1 aliphatic heterocycles. The monoisotopic (exact) mass is 478 g/mol. The highest BCUT2D eigenvalue weighted by molar-refractivity contribution is 14.1. The maximum absolute atomic E-state index is 12.4. The van der Waals surface area contributed by atoms with Crippen LogP contribution < -0.4 is 0 Å². The number of thioether (sulfide) groups is 1. The number of aromatic hydroxyl groups is 1. The van der Waals surface area contributed by atoms with Gasteiger partial charge in [-0.1, -0.05) is 0 Å². The summed E-state index contributed by atoms with van der Waals surface area (Å²) >= 11 is 2.29. The molecule has 0 aromatic heterocycles. The van der Waals surface area contributed by atoms with E-state index in [-0.39, 0.29) is 25.5 Å². The molecule has 1 aromatic rings. The average molecular weight is 478 g/mol. The summed E-state index contributed by atoms with van der Waals surface area (Å²) in [6.07, 6.45) is 1.18. The summed E-state index contributed by atoms with van der Waals surface area (Å²) in [6.45, 7) is 1.35. The predicted octanol–water partition coefficient (Wildman–Crippen LogP) is 2.50. The number of carbonyl (C=O) groups is 3. The normalized spacial score (nSPS) is 17.1. The number of hydrogen-bond acceptors (Lipinski definition) is 8. The number of amides is 2. The molecule has 0 saturated carbocycles. The summed E-state index contributed by atoms with van der Waals surface area (Å²) in [6, 6.07) is 1.16.